The molecule has 1 radical (unpaired) electrons. The molecule has 0 amide bonds. The first kappa shape index (κ1) is 6.88. The molecule has 0 aliphatic heterocycles. The highest BCUT2D eigenvalue weighted by molar-refractivity contribution is 4.66. The van der Waals surface area contributed by atoms with Gasteiger partial charge < -0.3 is 15.9 Å². The van der Waals surface area contributed by atoms with Gasteiger partial charge in [0.25, 0.3) is 0 Å². The zero-order chi connectivity index (χ0) is 5.70. The maximum absolute atomic E-state index is 8.16. The normalized spacial score (nSPS) is 14.1. The van der Waals surface area contributed by atoms with Gasteiger partial charge in [0.1, 0.15) is 0 Å². The Morgan fingerprint density at radius 3 is 2.43 bits per heavy atom. The Kier molecular flexibility index (Phi) is 3.98. The molecule has 0 rings (SSSR count). The molecule has 7 heavy (non-hydrogen) atoms. The third-order valence-corrected chi connectivity index (χ3v) is 0.654. The molecule has 3 nitrogen and oxygen atoms in total. The van der Waals surface area contributed by atoms with Gasteiger partial charge in [0.05, 0.1) is 6.61 Å². The summed E-state index contributed by atoms with van der Waals surface area (Å²) in [6.45, 7) is 0.897. The molecule has 0 bridgehead atoms. The lowest BCUT2D eigenvalue weighted by Gasteiger charge is -2.01. The van der Waals surface area contributed by atoms with Gasteiger partial charge >= 0.3 is 0 Å². The fraction of sp³-hybridized carbons (Fsp3) is 0.750. The Balaban J connectivity index is 2.83. The molecule has 0 aromatic heterocycles. The van der Waals surface area contributed by atoms with Crippen LogP contribution < -0.4 is 5.73 Å². The van der Waals surface area contributed by atoms with Gasteiger partial charge in [-0.1, -0.05) is 0 Å². The third kappa shape index (κ3) is 3.72. The summed E-state index contributed by atoms with van der Waals surface area (Å²) in [6, 6.07) is -0.370. The summed E-state index contributed by atoms with van der Waals surface area (Å²) >= 11 is 0. The van der Waals surface area contributed by atoms with Crippen molar-refractivity contribution >= 4 is 0 Å². The summed E-state index contributed by atoms with van der Waals surface area (Å²) in [7, 11) is 0. The first-order valence-electron chi connectivity index (χ1n) is 2.15. The topological polar surface area (TPSA) is 66.5 Å². The molecular formula is C4H10NO2. The van der Waals surface area contributed by atoms with E-state index in [1.54, 1.807) is 0 Å². The van der Waals surface area contributed by atoms with E-state index in [9.17, 15) is 0 Å². The van der Waals surface area contributed by atoms with Crippen LogP contribution in [-0.2, 0) is 0 Å². The summed E-state index contributed by atoms with van der Waals surface area (Å²) in [6.07, 6.45) is 0.427. The minimum absolute atomic E-state index is 0.0260. The van der Waals surface area contributed by atoms with Gasteiger partial charge in [-0.25, -0.2) is 0 Å². The Morgan fingerprint density at radius 1 is 1.71 bits per heavy atom. The summed E-state index contributed by atoms with van der Waals surface area (Å²) in [5.41, 5.74) is 5.12. The molecule has 4 N–H and O–H groups in total. The largest absolute Gasteiger partial charge is 0.396 e. The zero-order valence-corrected chi connectivity index (χ0v) is 4.04. The van der Waals surface area contributed by atoms with Gasteiger partial charge in [-0.15, -0.1) is 0 Å². The minimum atomic E-state index is -0.370. The molecule has 0 heterocycles. The SMILES string of the molecule is NC([CH]O)CCO. The van der Waals surface area contributed by atoms with Crippen LogP contribution in [0.15, 0.2) is 0 Å². The predicted octanol–water partition coefficient (Wildman–Crippen LogP) is -0.770. The molecular weight excluding hydrogens is 94.0 g/mol. The predicted molar refractivity (Wildman–Crippen MR) is 25.9 cm³/mol. The van der Waals surface area contributed by atoms with Crippen LogP contribution in [0.2, 0.25) is 0 Å². The molecule has 0 spiro atoms. The number of nitrogens with two attached hydrogens (primary N) is 1. The second-order valence-corrected chi connectivity index (χ2v) is 1.33. The Labute approximate surface area is 42.8 Å². The van der Waals surface area contributed by atoms with Crippen molar-refractivity contribution in [3.63, 3.8) is 0 Å². The molecule has 1 atom stereocenters. The molecule has 0 aliphatic carbocycles. The standard InChI is InChI=1S/C4H10NO2/c5-4(3-7)1-2-6/h3-4,6-7H,1-2,5H2. The van der Waals surface area contributed by atoms with Crippen LogP contribution in [0, 0.1) is 6.61 Å². The molecule has 0 fully saturated rings. The van der Waals surface area contributed by atoms with E-state index < -0.39 is 0 Å². The zero-order valence-electron chi connectivity index (χ0n) is 4.04. The van der Waals surface area contributed by atoms with Crippen molar-refractivity contribution in [2.24, 2.45) is 5.73 Å². The Bertz CT molecular complexity index is 40.7. The van der Waals surface area contributed by atoms with E-state index >= 15 is 0 Å². The molecule has 0 saturated heterocycles. The number of aliphatic hydroxyl groups excluding tert-OH is 2. The van der Waals surface area contributed by atoms with Crippen LogP contribution in [0.25, 0.3) is 0 Å². The number of hydrogen-bond acceptors (Lipinski definition) is 3. The average molecular weight is 104 g/mol. The van der Waals surface area contributed by atoms with Crippen molar-refractivity contribution in [2.45, 2.75) is 12.5 Å². The lowest BCUT2D eigenvalue weighted by molar-refractivity contribution is 0.259. The highest BCUT2D eigenvalue weighted by Crippen LogP contribution is 1.85. The lowest BCUT2D eigenvalue weighted by atomic mass is 10.2. The maximum Gasteiger partial charge on any atom is 0.0965 e. The van der Waals surface area contributed by atoms with Crippen molar-refractivity contribution in [1.29, 1.82) is 0 Å². The van der Waals surface area contributed by atoms with Gasteiger partial charge in [0.2, 0.25) is 0 Å². The molecule has 3 heteroatoms. The number of aliphatic hydroxyl groups is 2. The van der Waals surface area contributed by atoms with Crippen molar-refractivity contribution < 1.29 is 10.2 Å². The maximum atomic E-state index is 8.16. The van der Waals surface area contributed by atoms with Crippen molar-refractivity contribution in [3.8, 4) is 0 Å². The first-order chi connectivity index (χ1) is 3.31. The van der Waals surface area contributed by atoms with Gasteiger partial charge in [0, 0.05) is 12.6 Å². The minimum Gasteiger partial charge on any atom is -0.396 e. The average Bonchev–Trinajstić information content (AvgIpc) is 1.68. The highest BCUT2D eigenvalue weighted by atomic mass is 16.3. The van der Waals surface area contributed by atoms with E-state index in [1.165, 1.54) is 0 Å². The van der Waals surface area contributed by atoms with Crippen LogP contribution in [-0.4, -0.2) is 22.9 Å². The van der Waals surface area contributed by atoms with E-state index in [4.69, 9.17) is 15.9 Å². The number of rotatable bonds is 3. The highest BCUT2D eigenvalue weighted by Gasteiger charge is 1.95. The lowest BCUT2D eigenvalue weighted by Crippen LogP contribution is -2.21. The quantitative estimate of drug-likeness (QED) is 0.440. The summed E-state index contributed by atoms with van der Waals surface area (Å²) in [5, 5.41) is 16.3. The second kappa shape index (κ2) is 4.05. The fourth-order valence-corrected chi connectivity index (χ4v) is 0.224. The van der Waals surface area contributed by atoms with Gasteiger partial charge in [-0.2, -0.15) is 0 Å². The molecule has 0 aromatic rings. The molecule has 0 aromatic carbocycles. The van der Waals surface area contributed by atoms with Gasteiger partial charge in [-0.3, -0.25) is 0 Å². The molecule has 43 valence electrons. The van der Waals surface area contributed by atoms with Crippen molar-refractivity contribution in [2.75, 3.05) is 6.61 Å². The third-order valence-electron chi connectivity index (χ3n) is 0.654. The van der Waals surface area contributed by atoms with Crippen molar-refractivity contribution in [1.82, 2.24) is 0 Å². The van der Waals surface area contributed by atoms with Gasteiger partial charge in [-0.05, 0) is 6.42 Å². The van der Waals surface area contributed by atoms with Gasteiger partial charge in [0.15, 0.2) is 0 Å². The van der Waals surface area contributed by atoms with E-state index in [2.05, 4.69) is 0 Å². The van der Waals surface area contributed by atoms with E-state index in [0.29, 0.717) is 6.42 Å². The van der Waals surface area contributed by atoms with Crippen LogP contribution in [0.3, 0.4) is 0 Å². The molecule has 0 saturated carbocycles. The number of hydrogen-bond donors (Lipinski definition) is 3. The van der Waals surface area contributed by atoms with E-state index in [1.807, 2.05) is 0 Å². The van der Waals surface area contributed by atoms with Crippen LogP contribution in [0.1, 0.15) is 6.42 Å². The van der Waals surface area contributed by atoms with Crippen molar-refractivity contribution in [3.05, 3.63) is 6.61 Å². The van der Waals surface area contributed by atoms with Crippen LogP contribution in [0.4, 0.5) is 0 Å². The van der Waals surface area contributed by atoms with Crippen LogP contribution >= 0.6 is 0 Å². The Morgan fingerprint density at radius 2 is 2.29 bits per heavy atom. The fourth-order valence-electron chi connectivity index (χ4n) is 0.224. The summed E-state index contributed by atoms with van der Waals surface area (Å²) in [5.74, 6) is 0. The van der Waals surface area contributed by atoms with Crippen LogP contribution in [0.5, 0.6) is 0 Å². The monoisotopic (exact) mass is 104 g/mol. The smallest absolute Gasteiger partial charge is 0.0965 e. The summed E-state index contributed by atoms with van der Waals surface area (Å²) in [4.78, 5) is 0. The molecule has 0 aliphatic rings. The van der Waals surface area contributed by atoms with E-state index in [0.717, 1.165) is 6.61 Å². The summed E-state index contributed by atoms with van der Waals surface area (Å²) < 4.78 is 0. The second-order valence-electron chi connectivity index (χ2n) is 1.33. The molecule has 1 unspecified atom stereocenters. The Hall–Kier alpha value is -0.120. The van der Waals surface area contributed by atoms with E-state index in [-0.39, 0.29) is 12.6 Å². The first-order valence-corrected chi connectivity index (χ1v) is 2.15.